The van der Waals surface area contributed by atoms with Gasteiger partial charge in [-0.25, -0.2) is 4.98 Å². The maximum absolute atomic E-state index is 11.7. The van der Waals surface area contributed by atoms with Gasteiger partial charge in [-0.05, 0) is 25.0 Å². The van der Waals surface area contributed by atoms with Crippen molar-refractivity contribution in [1.29, 1.82) is 0 Å². The third-order valence-corrected chi connectivity index (χ3v) is 4.98. The van der Waals surface area contributed by atoms with Gasteiger partial charge in [-0.2, -0.15) is 0 Å². The Morgan fingerprint density at radius 2 is 2.32 bits per heavy atom. The van der Waals surface area contributed by atoms with E-state index in [0.717, 1.165) is 36.5 Å². The fraction of sp³-hybridized carbons (Fsp3) is 0.429. The van der Waals surface area contributed by atoms with Crippen LogP contribution in [0.5, 0.6) is 0 Å². The van der Waals surface area contributed by atoms with Crippen molar-refractivity contribution in [1.82, 2.24) is 9.88 Å². The molecule has 1 amide bonds. The minimum Gasteiger partial charge on any atom is -0.341 e. The Hall–Kier alpha value is -1.13. The predicted molar refractivity (Wildman–Crippen MR) is 78.9 cm³/mol. The number of rotatable bonds is 2. The average Bonchev–Trinajstić information content (AvgIpc) is 2.90. The second-order valence-electron chi connectivity index (χ2n) is 4.83. The van der Waals surface area contributed by atoms with Crippen LogP contribution in [0.25, 0.3) is 10.2 Å². The summed E-state index contributed by atoms with van der Waals surface area (Å²) in [4.78, 5) is 18.3. The number of carbonyl (C=O) groups excluding carboxylic acids is 1. The van der Waals surface area contributed by atoms with Crippen LogP contribution in [0, 0.1) is 0 Å². The van der Waals surface area contributed by atoms with Crippen LogP contribution in [-0.4, -0.2) is 34.8 Å². The van der Waals surface area contributed by atoms with E-state index in [4.69, 9.17) is 16.6 Å². The highest BCUT2D eigenvalue weighted by atomic mass is 35.5. The molecule has 1 aromatic heterocycles. The summed E-state index contributed by atoms with van der Waals surface area (Å²) in [6.07, 6.45) is 2.13. The van der Waals surface area contributed by atoms with Crippen LogP contribution in [0.4, 0.5) is 0 Å². The first-order valence-electron chi connectivity index (χ1n) is 6.47. The van der Waals surface area contributed by atoms with Crippen molar-refractivity contribution < 1.29 is 4.79 Å². The summed E-state index contributed by atoms with van der Waals surface area (Å²) in [5.74, 6) is 0.470. The molecule has 1 aliphatic rings. The van der Waals surface area contributed by atoms with Crippen LogP contribution in [0.2, 0.25) is 0 Å². The third kappa shape index (κ3) is 2.60. The standard InChI is InChI=1S/C14H15ClN2OS/c15-8-13(18)17-7-3-4-10(9-17)14-16-11-5-1-2-6-12(11)19-14/h1-2,5-6,10H,3-4,7-9H2/t10-/m1/s1. The molecule has 1 aliphatic heterocycles. The van der Waals surface area contributed by atoms with Gasteiger partial charge in [-0.1, -0.05) is 12.1 Å². The molecule has 100 valence electrons. The summed E-state index contributed by atoms with van der Waals surface area (Å²) in [5, 5.41) is 1.15. The fourth-order valence-corrected chi connectivity index (χ4v) is 3.82. The van der Waals surface area contributed by atoms with Gasteiger partial charge >= 0.3 is 0 Å². The first-order chi connectivity index (χ1) is 9.28. The SMILES string of the molecule is O=C(CCl)N1CCC[C@@H](c2nc3ccccc3s2)C1. The van der Waals surface area contributed by atoms with E-state index in [-0.39, 0.29) is 11.8 Å². The highest BCUT2D eigenvalue weighted by Crippen LogP contribution is 2.32. The number of carbonyl (C=O) groups is 1. The monoisotopic (exact) mass is 294 g/mol. The van der Waals surface area contributed by atoms with E-state index in [1.807, 2.05) is 23.1 Å². The minimum absolute atomic E-state index is 0.0347. The number of hydrogen-bond acceptors (Lipinski definition) is 3. The lowest BCUT2D eigenvalue weighted by atomic mass is 9.99. The van der Waals surface area contributed by atoms with Crippen molar-refractivity contribution >= 4 is 39.1 Å². The lowest BCUT2D eigenvalue weighted by Gasteiger charge is -2.31. The van der Waals surface area contributed by atoms with Gasteiger partial charge in [-0.15, -0.1) is 22.9 Å². The number of nitrogens with zero attached hydrogens (tertiary/aromatic N) is 2. The molecule has 1 aromatic carbocycles. The molecule has 0 unspecified atom stereocenters. The molecule has 0 saturated carbocycles. The average molecular weight is 295 g/mol. The summed E-state index contributed by atoms with van der Waals surface area (Å²) in [5.41, 5.74) is 1.06. The molecule has 2 heterocycles. The molecule has 0 bridgehead atoms. The number of piperidine rings is 1. The number of benzene rings is 1. The number of alkyl halides is 1. The van der Waals surface area contributed by atoms with E-state index in [9.17, 15) is 4.79 Å². The summed E-state index contributed by atoms with van der Waals surface area (Å²) in [7, 11) is 0. The van der Waals surface area contributed by atoms with Gasteiger partial charge in [-0.3, -0.25) is 4.79 Å². The Bertz CT molecular complexity index is 565. The number of fused-ring (bicyclic) bond motifs is 1. The number of thiazole rings is 1. The van der Waals surface area contributed by atoms with Crippen molar-refractivity contribution in [3.05, 3.63) is 29.3 Å². The Morgan fingerprint density at radius 3 is 3.11 bits per heavy atom. The van der Waals surface area contributed by atoms with Gasteiger partial charge in [0.25, 0.3) is 0 Å². The normalized spacial score (nSPS) is 19.8. The van der Waals surface area contributed by atoms with Crippen LogP contribution in [0.15, 0.2) is 24.3 Å². The van der Waals surface area contributed by atoms with Gasteiger partial charge in [0, 0.05) is 19.0 Å². The first kappa shape index (κ1) is 12.9. The lowest BCUT2D eigenvalue weighted by molar-refractivity contribution is -0.129. The van der Waals surface area contributed by atoms with Gasteiger partial charge in [0.2, 0.25) is 5.91 Å². The highest BCUT2D eigenvalue weighted by molar-refractivity contribution is 7.18. The van der Waals surface area contributed by atoms with Gasteiger partial charge in [0.15, 0.2) is 0 Å². The molecule has 1 atom stereocenters. The third-order valence-electron chi connectivity index (χ3n) is 3.55. The topological polar surface area (TPSA) is 33.2 Å². The molecule has 0 N–H and O–H groups in total. The van der Waals surface area contributed by atoms with Crippen molar-refractivity contribution in [2.75, 3.05) is 19.0 Å². The lowest BCUT2D eigenvalue weighted by Crippen LogP contribution is -2.39. The number of halogens is 1. The molecule has 0 spiro atoms. The van der Waals surface area contributed by atoms with E-state index in [1.54, 1.807) is 11.3 Å². The summed E-state index contributed by atoms with van der Waals surface area (Å²) >= 11 is 7.38. The van der Waals surface area contributed by atoms with E-state index in [2.05, 4.69) is 6.07 Å². The van der Waals surface area contributed by atoms with Crippen molar-refractivity contribution in [2.45, 2.75) is 18.8 Å². The molecule has 0 aliphatic carbocycles. The fourth-order valence-electron chi connectivity index (χ4n) is 2.55. The zero-order valence-electron chi connectivity index (χ0n) is 10.5. The molecular formula is C14H15ClN2OS. The summed E-state index contributed by atoms with van der Waals surface area (Å²) in [6, 6.07) is 8.19. The zero-order chi connectivity index (χ0) is 13.2. The van der Waals surface area contributed by atoms with Crippen LogP contribution in [0.1, 0.15) is 23.8 Å². The summed E-state index contributed by atoms with van der Waals surface area (Å²) in [6.45, 7) is 1.58. The predicted octanol–water partition coefficient (Wildman–Crippen LogP) is 3.24. The Labute approximate surface area is 121 Å². The number of aromatic nitrogens is 1. The van der Waals surface area contributed by atoms with Crippen molar-refractivity contribution in [3.8, 4) is 0 Å². The Morgan fingerprint density at radius 1 is 1.47 bits per heavy atom. The van der Waals surface area contributed by atoms with Crippen LogP contribution in [-0.2, 0) is 4.79 Å². The second-order valence-corrected chi connectivity index (χ2v) is 6.16. The van der Waals surface area contributed by atoms with Crippen molar-refractivity contribution in [3.63, 3.8) is 0 Å². The maximum Gasteiger partial charge on any atom is 0.237 e. The van der Waals surface area contributed by atoms with E-state index in [0.29, 0.717) is 5.92 Å². The molecule has 0 radical (unpaired) electrons. The quantitative estimate of drug-likeness (QED) is 0.797. The first-order valence-corrected chi connectivity index (χ1v) is 7.82. The van der Waals surface area contributed by atoms with Gasteiger partial charge < -0.3 is 4.90 Å². The van der Waals surface area contributed by atoms with E-state index in [1.165, 1.54) is 4.70 Å². The zero-order valence-corrected chi connectivity index (χ0v) is 12.1. The molecule has 3 nitrogen and oxygen atoms in total. The highest BCUT2D eigenvalue weighted by Gasteiger charge is 2.26. The van der Waals surface area contributed by atoms with E-state index >= 15 is 0 Å². The van der Waals surface area contributed by atoms with Crippen molar-refractivity contribution in [2.24, 2.45) is 0 Å². The smallest absolute Gasteiger partial charge is 0.237 e. The number of para-hydroxylation sites is 1. The molecule has 19 heavy (non-hydrogen) atoms. The molecule has 1 saturated heterocycles. The molecule has 3 rings (SSSR count). The Kier molecular flexibility index (Phi) is 3.71. The van der Waals surface area contributed by atoms with Crippen LogP contribution >= 0.6 is 22.9 Å². The second kappa shape index (κ2) is 5.47. The van der Waals surface area contributed by atoms with Crippen LogP contribution < -0.4 is 0 Å². The maximum atomic E-state index is 11.7. The number of amides is 1. The Balaban J connectivity index is 1.83. The van der Waals surface area contributed by atoms with Gasteiger partial charge in [0.1, 0.15) is 5.88 Å². The summed E-state index contributed by atoms with van der Waals surface area (Å²) < 4.78 is 1.22. The molecule has 2 aromatic rings. The largest absolute Gasteiger partial charge is 0.341 e. The van der Waals surface area contributed by atoms with Gasteiger partial charge in [0.05, 0.1) is 15.2 Å². The molecular weight excluding hydrogens is 280 g/mol. The minimum atomic E-state index is 0.0347. The number of likely N-dealkylation sites (tertiary alicyclic amines) is 1. The number of hydrogen-bond donors (Lipinski definition) is 0. The van der Waals surface area contributed by atoms with E-state index < -0.39 is 0 Å². The molecule has 5 heteroatoms. The molecule has 1 fully saturated rings. The van der Waals surface area contributed by atoms with Crippen LogP contribution in [0.3, 0.4) is 0 Å².